The summed E-state index contributed by atoms with van der Waals surface area (Å²) >= 11 is 0. The predicted molar refractivity (Wildman–Crippen MR) is 129 cm³/mol. The molecule has 1 aliphatic carbocycles. The Bertz CT molecular complexity index is 1140. The van der Waals surface area contributed by atoms with Crippen molar-refractivity contribution in [3.63, 3.8) is 0 Å². The average Bonchev–Trinajstić information content (AvgIpc) is 3.43. The summed E-state index contributed by atoms with van der Waals surface area (Å²) in [6.45, 7) is 0. The highest BCUT2D eigenvalue weighted by Crippen LogP contribution is 2.36. The van der Waals surface area contributed by atoms with Crippen LogP contribution in [0.3, 0.4) is 0 Å². The number of ether oxygens (including phenoxy) is 2. The number of hydrogen-bond acceptors (Lipinski definition) is 5. The van der Waals surface area contributed by atoms with Crippen LogP contribution in [0.15, 0.2) is 65.3 Å². The number of carbonyl (C=O) groups excluding carboxylic acids is 2. The Morgan fingerprint density at radius 2 is 1.71 bits per heavy atom. The van der Waals surface area contributed by atoms with Gasteiger partial charge in [0, 0.05) is 17.8 Å². The lowest BCUT2D eigenvalue weighted by molar-refractivity contribution is -0.123. The molecular formula is C27H29FN2O5. The normalized spacial score (nSPS) is 14.7. The van der Waals surface area contributed by atoms with Crippen molar-refractivity contribution in [2.45, 2.75) is 44.2 Å². The van der Waals surface area contributed by atoms with Gasteiger partial charge in [0.2, 0.25) is 5.91 Å². The highest BCUT2D eigenvalue weighted by molar-refractivity contribution is 6.08. The average molecular weight is 481 g/mol. The molecule has 2 aromatic carbocycles. The largest absolute Gasteiger partial charge is 0.493 e. The maximum Gasteiger partial charge on any atom is 0.294 e. The lowest BCUT2D eigenvalue weighted by Crippen LogP contribution is -2.47. The van der Waals surface area contributed by atoms with E-state index in [1.807, 2.05) is 0 Å². The molecule has 1 saturated carbocycles. The molecule has 7 nitrogen and oxygen atoms in total. The lowest BCUT2D eigenvalue weighted by Gasteiger charge is -2.33. The fourth-order valence-corrected chi connectivity index (χ4v) is 4.47. The molecule has 1 fully saturated rings. The molecular weight excluding hydrogens is 451 g/mol. The summed E-state index contributed by atoms with van der Waals surface area (Å²) in [4.78, 5) is 28.9. The van der Waals surface area contributed by atoms with E-state index in [0.717, 1.165) is 32.1 Å². The summed E-state index contributed by atoms with van der Waals surface area (Å²) in [5, 5.41) is 3.12. The van der Waals surface area contributed by atoms with Crippen molar-refractivity contribution in [3.8, 4) is 11.5 Å². The van der Waals surface area contributed by atoms with Crippen LogP contribution in [-0.2, 0) is 4.79 Å². The second-order valence-electron chi connectivity index (χ2n) is 8.49. The number of methoxy groups -OCH3 is 2. The summed E-state index contributed by atoms with van der Waals surface area (Å²) in [5.74, 6) is -0.361. The number of benzene rings is 2. The van der Waals surface area contributed by atoms with Crippen molar-refractivity contribution < 1.29 is 27.9 Å². The topological polar surface area (TPSA) is 81.0 Å². The number of nitrogens with zero attached hydrogens (tertiary/aromatic N) is 1. The van der Waals surface area contributed by atoms with Gasteiger partial charge in [-0.3, -0.25) is 14.5 Å². The minimum Gasteiger partial charge on any atom is -0.493 e. The molecule has 1 atom stereocenters. The van der Waals surface area contributed by atoms with E-state index in [9.17, 15) is 14.0 Å². The first-order valence-corrected chi connectivity index (χ1v) is 11.7. The minimum absolute atomic E-state index is 0.0187. The Morgan fingerprint density at radius 3 is 2.34 bits per heavy atom. The molecule has 4 rings (SSSR count). The zero-order chi connectivity index (χ0) is 24.8. The highest BCUT2D eigenvalue weighted by Gasteiger charge is 2.36. The van der Waals surface area contributed by atoms with E-state index < -0.39 is 17.8 Å². The van der Waals surface area contributed by atoms with Gasteiger partial charge in [0.1, 0.15) is 11.9 Å². The van der Waals surface area contributed by atoms with Crippen molar-refractivity contribution in [2.75, 3.05) is 19.1 Å². The summed E-state index contributed by atoms with van der Waals surface area (Å²) < 4.78 is 30.0. The van der Waals surface area contributed by atoms with Gasteiger partial charge in [0.15, 0.2) is 17.3 Å². The SMILES string of the molecule is COc1ccc(N(C(=O)c2ccco2)C(C(=O)NC2CCCCC2)c2ccc(F)cc2)cc1OC. The fraction of sp³-hybridized carbons (Fsp3) is 0.333. The van der Waals surface area contributed by atoms with Crippen LogP contribution < -0.4 is 19.7 Å². The van der Waals surface area contributed by atoms with Gasteiger partial charge in [-0.25, -0.2) is 4.39 Å². The molecule has 1 aliphatic rings. The van der Waals surface area contributed by atoms with E-state index in [-0.39, 0.29) is 17.7 Å². The van der Waals surface area contributed by atoms with Crippen LogP contribution in [0.5, 0.6) is 11.5 Å². The van der Waals surface area contributed by atoms with E-state index in [2.05, 4.69) is 5.32 Å². The third kappa shape index (κ3) is 5.48. The van der Waals surface area contributed by atoms with Crippen LogP contribution in [0.2, 0.25) is 0 Å². The number of halogens is 1. The number of nitrogens with one attached hydrogen (secondary N) is 1. The van der Waals surface area contributed by atoms with Crippen LogP contribution in [0.1, 0.15) is 54.3 Å². The molecule has 2 amide bonds. The summed E-state index contributed by atoms with van der Waals surface area (Å²) in [7, 11) is 3.01. The van der Waals surface area contributed by atoms with Crippen LogP contribution in [0, 0.1) is 5.82 Å². The molecule has 35 heavy (non-hydrogen) atoms. The van der Waals surface area contributed by atoms with Gasteiger partial charge in [-0.05, 0) is 54.8 Å². The minimum atomic E-state index is -1.08. The van der Waals surface area contributed by atoms with E-state index >= 15 is 0 Å². The van der Waals surface area contributed by atoms with Crippen LogP contribution >= 0.6 is 0 Å². The van der Waals surface area contributed by atoms with Gasteiger partial charge >= 0.3 is 0 Å². The molecule has 0 bridgehead atoms. The first-order chi connectivity index (χ1) is 17.0. The van der Waals surface area contributed by atoms with E-state index in [1.165, 1.54) is 55.7 Å². The number of anilines is 1. The maximum absolute atomic E-state index is 13.8. The van der Waals surface area contributed by atoms with Gasteiger partial charge in [0.25, 0.3) is 5.91 Å². The molecule has 0 spiro atoms. The van der Waals surface area contributed by atoms with Crippen molar-refractivity contribution in [1.29, 1.82) is 0 Å². The standard InChI is InChI=1S/C27H29FN2O5/c1-33-22-15-14-21(17-24(22)34-2)30(27(32)23-9-6-16-35-23)25(18-10-12-19(28)13-11-18)26(31)29-20-7-4-3-5-8-20/h6,9-17,20,25H,3-5,7-8H2,1-2H3,(H,29,31). The number of amides is 2. The highest BCUT2D eigenvalue weighted by atomic mass is 19.1. The predicted octanol–water partition coefficient (Wildman–Crippen LogP) is 5.27. The monoisotopic (exact) mass is 480 g/mol. The van der Waals surface area contributed by atoms with Gasteiger partial charge in [-0.2, -0.15) is 0 Å². The van der Waals surface area contributed by atoms with Crippen molar-refractivity contribution >= 4 is 17.5 Å². The number of hydrogen-bond donors (Lipinski definition) is 1. The van der Waals surface area contributed by atoms with Gasteiger partial charge in [0.05, 0.1) is 20.5 Å². The van der Waals surface area contributed by atoms with Gasteiger partial charge in [-0.1, -0.05) is 31.4 Å². The van der Waals surface area contributed by atoms with Crippen LogP contribution in [0.25, 0.3) is 0 Å². The Kier molecular flexibility index (Phi) is 7.70. The van der Waals surface area contributed by atoms with Crippen LogP contribution in [-0.4, -0.2) is 32.1 Å². The van der Waals surface area contributed by atoms with E-state index in [1.54, 1.807) is 24.3 Å². The Hall–Kier alpha value is -3.81. The van der Waals surface area contributed by atoms with E-state index in [0.29, 0.717) is 22.7 Å². The number of carbonyl (C=O) groups is 2. The zero-order valence-corrected chi connectivity index (χ0v) is 19.8. The molecule has 184 valence electrons. The third-order valence-electron chi connectivity index (χ3n) is 6.24. The summed E-state index contributed by atoms with van der Waals surface area (Å²) in [5.41, 5.74) is 0.867. The Labute approximate surface area is 203 Å². The van der Waals surface area contributed by atoms with Crippen molar-refractivity contribution in [2.24, 2.45) is 0 Å². The number of furan rings is 1. The second-order valence-corrected chi connectivity index (χ2v) is 8.49. The van der Waals surface area contributed by atoms with E-state index in [4.69, 9.17) is 13.9 Å². The number of rotatable bonds is 8. The van der Waals surface area contributed by atoms with Gasteiger partial charge < -0.3 is 19.2 Å². The first-order valence-electron chi connectivity index (χ1n) is 11.7. The van der Waals surface area contributed by atoms with Crippen LogP contribution in [0.4, 0.5) is 10.1 Å². The lowest BCUT2D eigenvalue weighted by atomic mass is 9.94. The van der Waals surface area contributed by atoms with Crippen molar-refractivity contribution in [3.05, 3.63) is 78.0 Å². The summed E-state index contributed by atoms with van der Waals surface area (Å²) in [6.07, 6.45) is 6.38. The van der Waals surface area contributed by atoms with Crippen molar-refractivity contribution in [1.82, 2.24) is 5.32 Å². The quantitative estimate of drug-likeness (QED) is 0.475. The fourth-order valence-electron chi connectivity index (χ4n) is 4.47. The Morgan fingerprint density at radius 1 is 1.00 bits per heavy atom. The molecule has 1 aromatic heterocycles. The molecule has 3 aromatic rings. The second kappa shape index (κ2) is 11.1. The molecule has 0 aliphatic heterocycles. The zero-order valence-electron chi connectivity index (χ0n) is 19.8. The smallest absolute Gasteiger partial charge is 0.294 e. The third-order valence-corrected chi connectivity index (χ3v) is 6.24. The molecule has 1 heterocycles. The molecule has 0 radical (unpaired) electrons. The first kappa shape index (κ1) is 24.3. The molecule has 8 heteroatoms. The van der Waals surface area contributed by atoms with Gasteiger partial charge in [-0.15, -0.1) is 0 Å². The summed E-state index contributed by atoms with van der Waals surface area (Å²) in [6, 6.07) is 12.6. The Balaban J connectivity index is 1.82. The molecule has 1 unspecified atom stereocenters. The molecule has 0 saturated heterocycles. The maximum atomic E-state index is 13.8. The molecule has 1 N–H and O–H groups in total.